The quantitative estimate of drug-likeness (QED) is 0.618. The van der Waals surface area contributed by atoms with Crippen LogP contribution in [-0.4, -0.2) is 24.6 Å². The predicted molar refractivity (Wildman–Crippen MR) is 59.9 cm³/mol. The molecule has 2 heteroatoms. The van der Waals surface area contributed by atoms with Crippen LogP contribution in [0.1, 0.15) is 33.6 Å². The second-order valence-corrected chi connectivity index (χ2v) is 4.80. The van der Waals surface area contributed by atoms with Crippen LogP contribution in [0.2, 0.25) is 0 Å². The van der Waals surface area contributed by atoms with Crippen LogP contribution in [0.25, 0.3) is 0 Å². The average molecular weight is 189 g/mol. The van der Waals surface area contributed by atoms with E-state index in [1.54, 1.807) is 0 Å². The topological polar surface area (TPSA) is 12.0 Å². The molecule has 0 amide bonds. The zero-order valence-electron chi connectivity index (χ0n) is 8.89. The van der Waals surface area contributed by atoms with E-state index in [4.69, 9.17) is 0 Å². The van der Waals surface area contributed by atoms with Gasteiger partial charge in [-0.2, -0.15) is 11.8 Å². The summed E-state index contributed by atoms with van der Waals surface area (Å²) in [6.45, 7) is 6.82. The van der Waals surface area contributed by atoms with Gasteiger partial charge in [0.25, 0.3) is 0 Å². The Morgan fingerprint density at radius 2 is 2.00 bits per heavy atom. The van der Waals surface area contributed by atoms with Crippen molar-refractivity contribution in [1.82, 2.24) is 5.32 Å². The molecule has 0 saturated heterocycles. The molecule has 0 rings (SSSR count). The molecule has 1 nitrogen and oxygen atoms in total. The summed E-state index contributed by atoms with van der Waals surface area (Å²) >= 11 is 2.08. The zero-order chi connectivity index (χ0) is 9.40. The third-order valence-electron chi connectivity index (χ3n) is 2.06. The molecule has 0 bridgehead atoms. The minimum Gasteiger partial charge on any atom is -0.316 e. The standard InChI is InChI=1S/C10H23NS/c1-5-10(11-4)8-12-7-6-9(2)3/h9-11H,5-8H2,1-4H3. The van der Waals surface area contributed by atoms with Crippen molar-refractivity contribution >= 4 is 11.8 Å². The summed E-state index contributed by atoms with van der Waals surface area (Å²) in [5, 5.41) is 3.32. The number of nitrogens with one attached hydrogen (secondary N) is 1. The van der Waals surface area contributed by atoms with E-state index in [9.17, 15) is 0 Å². The van der Waals surface area contributed by atoms with Crippen molar-refractivity contribution in [2.45, 2.75) is 39.7 Å². The van der Waals surface area contributed by atoms with Crippen LogP contribution >= 0.6 is 11.8 Å². The summed E-state index contributed by atoms with van der Waals surface area (Å²) in [7, 11) is 2.05. The van der Waals surface area contributed by atoms with Gasteiger partial charge < -0.3 is 5.32 Å². The summed E-state index contributed by atoms with van der Waals surface area (Å²) < 4.78 is 0. The Bertz CT molecular complexity index is 89.8. The molecule has 0 aromatic heterocycles. The highest BCUT2D eigenvalue weighted by atomic mass is 32.2. The van der Waals surface area contributed by atoms with Crippen LogP contribution in [0.15, 0.2) is 0 Å². The van der Waals surface area contributed by atoms with Crippen molar-refractivity contribution in [2.75, 3.05) is 18.6 Å². The summed E-state index contributed by atoms with van der Waals surface area (Å²) in [6.07, 6.45) is 2.59. The van der Waals surface area contributed by atoms with E-state index in [0.717, 1.165) is 5.92 Å². The summed E-state index contributed by atoms with van der Waals surface area (Å²) in [5.74, 6) is 3.43. The van der Waals surface area contributed by atoms with Crippen molar-refractivity contribution in [1.29, 1.82) is 0 Å². The molecule has 74 valence electrons. The molecular weight excluding hydrogens is 166 g/mol. The van der Waals surface area contributed by atoms with Gasteiger partial charge in [-0.3, -0.25) is 0 Å². The highest BCUT2D eigenvalue weighted by Gasteiger charge is 2.02. The fourth-order valence-corrected chi connectivity index (χ4v) is 2.44. The van der Waals surface area contributed by atoms with Gasteiger partial charge in [0, 0.05) is 11.8 Å². The van der Waals surface area contributed by atoms with Gasteiger partial charge in [-0.25, -0.2) is 0 Å². The molecule has 0 aliphatic carbocycles. The van der Waals surface area contributed by atoms with Crippen LogP contribution in [0, 0.1) is 5.92 Å². The monoisotopic (exact) mass is 189 g/mol. The lowest BCUT2D eigenvalue weighted by molar-refractivity contribution is 0.599. The molecule has 0 fully saturated rings. The summed E-state index contributed by atoms with van der Waals surface area (Å²) in [4.78, 5) is 0. The molecule has 0 saturated carbocycles. The van der Waals surface area contributed by atoms with Gasteiger partial charge in [0.1, 0.15) is 0 Å². The normalized spacial score (nSPS) is 13.8. The van der Waals surface area contributed by atoms with E-state index in [2.05, 4.69) is 44.9 Å². The molecule has 0 aliphatic rings. The lowest BCUT2D eigenvalue weighted by Gasteiger charge is -2.13. The average Bonchev–Trinajstić information content (AvgIpc) is 2.04. The third-order valence-corrected chi connectivity index (χ3v) is 3.22. The Kier molecular flexibility index (Phi) is 8.14. The number of hydrogen-bond donors (Lipinski definition) is 1. The van der Waals surface area contributed by atoms with Gasteiger partial charge in [-0.05, 0) is 31.6 Å². The van der Waals surface area contributed by atoms with Gasteiger partial charge in [0.15, 0.2) is 0 Å². The van der Waals surface area contributed by atoms with Crippen molar-refractivity contribution in [3.05, 3.63) is 0 Å². The SMILES string of the molecule is CCC(CSCCC(C)C)NC. The number of thioether (sulfide) groups is 1. The van der Waals surface area contributed by atoms with Crippen LogP contribution < -0.4 is 5.32 Å². The molecule has 0 spiro atoms. The van der Waals surface area contributed by atoms with Crippen LogP contribution in [0.5, 0.6) is 0 Å². The minimum absolute atomic E-state index is 0.710. The van der Waals surface area contributed by atoms with E-state index in [0.29, 0.717) is 6.04 Å². The molecule has 0 heterocycles. The first kappa shape index (κ1) is 12.3. The fraction of sp³-hybridized carbons (Fsp3) is 1.00. The summed E-state index contributed by atoms with van der Waals surface area (Å²) in [6, 6.07) is 0.710. The molecule has 0 aromatic rings. The maximum atomic E-state index is 3.32. The Morgan fingerprint density at radius 1 is 1.33 bits per heavy atom. The molecule has 1 N–H and O–H groups in total. The first-order chi connectivity index (χ1) is 5.70. The lowest BCUT2D eigenvalue weighted by atomic mass is 10.2. The van der Waals surface area contributed by atoms with Crippen molar-refractivity contribution in [3.63, 3.8) is 0 Å². The van der Waals surface area contributed by atoms with Gasteiger partial charge in [0.2, 0.25) is 0 Å². The molecule has 12 heavy (non-hydrogen) atoms. The van der Waals surface area contributed by atoms with E-state index >= 15 is 0 Å². The minimum atomic E-state index is 0.710. The van der Waals surface area contributed by atoms with Gasteiger partial charge in [0.05, 0.1) is 0 Å². The highest BCUT2D eigenvalue weighted by molar-refractivity contribution is 7.99. The van der Waals surface area contributed by atoms with E-state index < -0.39 is 0 Å². The molecule has 0 aromatic carbocycles. The smallest absolute Gasteiger partial charge is 0.0152 e. The molecule has 1 atom stereocenters. The van der Waals surface area contributed by atoms with E-state index in [1.807, 2.05) is 0 Å². The second-order valence-electron chi connectivity index (χ2n) is 3.65. The number of hydrogen-bond acceptors (Lipinski definition) is 2. The van der Waals surface area contributed by atoms with Gasteiger partial charge in [-0.1, -0.05) is 20.8 Å². The number of rotatable bonds is 7. The van der Waals surface area contributed by atoms with Crippen LogP contribution in [0.3, 0.4) is 0 Å². The fourth-order valence-electron chi connectivity index (χ4n) is 0.950. The molecule has 0 radical (unpaired) electrons. The predicted octanol–water partition coefficient (Wildman–Crippen LogP) is 2.76. The maximum Gasteiger partial charge on any atom is 0.0152 e. The van der Waals surface area contributed by atoms with Crippen molar-refractivity contribution in [2.24, 2.45) is 5.92 Å². The highest BCUT2D eigenvalue weighted by Crippen LogP contribution is 2.10. The maximum absolute atomic E-state index is 3.32. The van der Waals surface area contributed by atoms with E-state index in [1.165, 1.54) is 24.3 Å². The first-order valence-corrected chi connectivity index (χ1v) is 6.11. The van der Waals surface area contributed by atoms with Crippen LogP contribution in [0.4, 0.5) is 0 Å². The zero-order valence-corrected chi connectivity index (χ0v) is 9.71. The van der Waals surface area contributed by atoms with Crippen LogP contribution in [-0.2, 0) is 0 Å². The Morgan fingerprint density at radius 3 is 2.42 bits per heavy atom. The summed E-state index contributed by atoms with van der Waals surface area (Å²) in [5.41, 5.74) is 0. The molecular formula is C10H23NS. The molecule has 0 aliphatic heterocycles. The van der Waals surface area contributed by atoms with Crippen molar-refractivity contribution < 1.29 is 0 Å². The Labute approximate surface area is 81.7 Å². The molecule has 1 unspecified atom stereocenters. The van der Waals surface area contributed by atoms with Gasteiger partial charge >= 0.3 is 0 Å². The second kappa shape index (κ2) is 7.93. The van der Waals surface area contributed by atoms with Crippen molar-refractivity contribution in [3.8, 4) is 0 Å². The van der Waals surface area contributed by atoms with Gasteiger partial charge in [-0.15, -0.1) is 0 Å². The third kappa shape index (κ3) is 6.99. The Hall–Kier alpha value is 0.310. The largest absolute Gasteiger partial charge is 0.316 e. The first-order valence-electron chi connectivity index (χ1n) is 4.95. The Balaban J connectivity index is 3.17. The lowest BCUT2D eigenvalue weighted by Crippen LogP contribution is -2.26. The van der Waals surface area contributed by atoms with E-state index in [-0.39, 0.29) is 0 Å².